The van der Waals surface area contributed by atoms with Crippen LogP contribution in [0.4, 0.5) is 30.5 Å². The van der Waals surface area contributed by atoms with Gasteiger partial charge in [-0.25, -0.2) is 4.98 Å². The first-order chi connectivity index (χ1) is 19.0. The van der Waals surface area contributed by atoms with Crippen molar-refractivity contribution in [1.82, 2.24) is 14.9 Å². The highest BCUT2D eigenvalue weighted by Crippen LogP contribution is 2.36. The van der Waals surface area contributed by atoms with Crippen LogP contribution in [-0.4, -0.2) is 62.1 Å². The van der Waals surface area contributed by atoms with Gasteiger partial charge in [0.15, 0.2) is 0 Å². The third kappa shape index (κ3) is 6.97. The second kappa shape index (κ2) is 12.2. The van der Waals surface area contributed by atoms with Crippen LogP contribution in [-0.2, 0) is 6.18 Å². The molecule has 8 nitrogen and oxygen atoms in total. The van der Waals surface area contributed by atoms with Crippen LogP contribution in [0.15, 0.2) is 66.9 Å². The maximum atomic E-state index is 13.5. The van der Waals surface area contributed by atoms with E-state index in [0.717, 1.165) is 30.5 Å². The fraction of sp³-hybridized carbons (Fsp3) is 0.276. The fourth-order valence-electron chi connectivity index (χ4n) is 4.24. The second-order valence-electron chi connectivity index (χ2n) is 9.52. The third-order valence-corrected chi connectivity index (χ3v) is 6.25. The van der Waals surface area contributed by atoms with Crippen LogP contribution in [0, 0.1) is 0 Å². The Balaban J connectivity index is 1.61. The van der Waals surface area contributed by atoms with Gasteiger partial charge in [0.1, 0.15) is 5.75 Å². The summed E-state index contributed by atoms with van der Waals surface area (Å²) in [5, 5.41) is 6.92. The number of hydrogen-bond acceptors (Lipinski definition) is 7. The zero-order valence-corrected chi connectivity index (χ0v) is 22.7. The molecular formula is C29H31F3N6O2. The summed E-state index contributed by atoms with van der Waals surface area (Å²) in [5.74, 6) is 0.746. The predicted octanol–water partition coefficient (Wildman–Crippen LogP) is 6.12. The van der Waals surface area contributed by atoms with Crippen LogP contribution in [0.2, 0.25) is 0 Å². The highest BCUT2D eigenvalue weighted by molar-refractivity contribution is 6.14. The first-order valence-electron chi connectivity index (χ1n) is 12.6. The lowest BCUT2D eigenvalue weighted by atomic mass is 10.0. The lowest BCUT2D eigenvalue weighted by molar-refractivity contribution is -0.137. The van der Waals surface area contributed by atoms with Crippen LogP contribution in [0.1, 0.15) is 22.3 Å². The molecule has 0 aliphatic carbocycles. The maximum absolute atomic E-state index is 13.5. The van der Waals surface area contributed by atoms with Crippen molar-refractivity contribution >= 4 is 34.0 Å². The summed E-state index contributed by atoms with van der Waals surface area (Å²) in [6.07, 6.45) is -2.18. The Morgan fingerprint density at radius 1 is 1.00 bits per heavy atom. The van der Waals surface area contributed by atoms with Crippen LogP contribution >= 0.6 is 0 Å². The van der Waals surface area contributed by atoms with E-state index in [2.05, 4.69) is 20.6 Å². The largest absolute Gasteiger partial charge is 0.439 e. The number of halogens is 3. The number of carbonyl (C=O) groups is 1. The standard InChI is InChI=1S/C29H31F3N6O2/c1-33-28-34-14-13-26(36-28)40-21-10-11-22-19(17-21)7-5-8-23(22)27(39)35-24-18-20(29(30,31)32)9-12-25(24)38(4)16-6-15-37(2)3/h5,7-14,17-18H,6,15-16H2,1-4H3,(H,35,39)(H,33,34,36). The van der Waals surface area contributed by atoms with Crippen LogP contribution in [0.25, 0.3) is 10.8 Å². The summed E-state index contributed by atoms with van der Waals surface area (Å²) in [6.45, 7) is 1.42. The number of ether oxygens (including phenoxy) is 1. The molecule has 0 spiro atoms. The van der Waals surface area contributed by atoms with Crippen LogP contribution < -0.4 is 20.3 Å². The minimum Gasteiger partial charge on any atom is -0.439 e. The first kappa shape index (κ1) is 28.6. The molecule has 2 N–H and O–H groups in total. The number of amides is 1. The molecule has 4 aromatic rings. The minimum absolute atomic E-state index is 0.0910. The van der Waals surface area contributed by atoms with Crippen molar-refractivity contribution in [2.45, 2.75) is 12.6 Å². The molecule has 0 radical (unpaired) electrons. The second-order valence-corrected chi connectivity index (χ2v) is 9.52. The van der Waals surface area contributed by atoms with Crippen molar-refractivity contribution in [3.05, 3.63) is 78.0 Å². The van der Waals surface area contributed by atoms with Crippen molar-refractivity contribution in [3.8, 4) is 11.6 Å². The van der Waals surface area contributed by atoms with Gasteiger partial charge in [0.05, 0.1) is 16.9 Å². The number of rotatable bonds is 10. The molecule has 0 aliphatic rings. The molecule has 0 aliphatic heterocycles. The van der Waals surface area contributed by atoms with Gasteiger partial charge in [0.2, 0.25) is 11.8 Å². The molecule has 0 saturated heterocycles. The van der Waals surface area contributed by atoms with E-state index in [9.17, 15) is 18.0 Å². The molecule has 1 aromatic heterocycles. The van der Waals surface area contributed by atoms with Crippen molar-refractivity contribution in [2.24, 2.45) is 0 Å². The van der Waals surface area contributed by atoms with Crippen LogP contribution in [0.5, 0.6) is 11.6 Å². The Labute approximate surface area is 230 Å². The van der Waals surface area contributed by atoms with E-state index in [4.69, 9.17) is 4.74 Å². The average molecular weight is 553 g/mol. The molecular weight excluding hydrogens is 521 g/mol. The van der Waals surface area contributed by atoms with Gasteiger partial charge in [-0.05, 0) is 80.3 Å². The monoisotopic (exact) mass is 552 g/mol. The van der Waals surface area contributed by atoms with E-state index in [0.29, 0.717) is 40.8 Å². The summed E-state index contributed by atoms with van der Waals surface area (Å²) in [4.78, 5) is 25.6. The highest BCUT2D eigenvalue weighted by Gasteiger charge is 2.31. The molecule has 0 bridgehead atoms. The number of anilines is 3. The first-order valence-corrected chi connectivity index (χ1v) is 12.6. The zero-order valence-electron chi connectivity index (χ0n) is 22.7. The van der Waals surface area contributed by atoms with Gasteiger partial charge in [-0.1, -0.05) is 12.1 Å². The lowest BCUT2D eigenvalue weighted by Gasteiger charge is -2.24. The SMILES string of the molecule is CNc1nccc(Oc2ccc3c(C(=O)Nc4cc(C(F)(F)F)ccc4N(C)CCCN(C)C)cccc3c2)n1. The van der Waals surface area contributed by atoms with E-state index >= 15 is 0 Å². The van der Waals surface area contributed by atoms with Gasteiger partial charge in [0, 0.05) is 38.5 Å². The number of aromatic nitrogens is 2. The number of nitrogens with one attached hydrogen (secondary N) is 2. The van der Waals surface area contributed by atoms with Crippen molar-refractivity contribution in [3.63, 3.8) is 0 Å². The molecule has 0 unspecified atom stereocenters. The Hall–Kier alpha value is -4.38. The van der Waals surface area contributed by atoms with Gasteiger partial charge in [0.25, 0.3) is 5.91 Å². The highest BCUT2D eigenvalue weighted by atomic mass is 19.4. The van der Waals surface area contributed by atoms with E-state index < -0.39 is 17.6 Å². The number of fused-ring (bicyclic) bond motifs is 1. The Kier molecular flexibility index (Phi) is 8.73. The normalized spacial score (nSPS) is 11.5. The van der Waals surface area contributed by atoms with E-state index in [1.54, 1.807) is 56.7 Å². The maximum Gasteiger partial charge on any atom is 0.416 e. The minimum atomic E-state index is -4.55. The summed E-state index contributed by atoms with van der Waals surface area (Å²) in [5.41, 5.74) is 0.0799. The van der Waals surface area contributed by atoms with Gasteiger partial charge < -0.3 is 25.2 Å². The van der Waals surface area contributed by atoms with Crippen molar-refractivity contribution in [1.29, 1.82) is 0 Å². The number of carbonyl (C=O) groups excluding carboxylic acids is 1. The fourth-order valence-corrected chi connectivity index (χ4v) is 4.24. The molecule has 210 valence electrons. The van der Waals surface area contributed by atoms with E-state index in [1.165, 1.54) is 6.07 Å². The molecule has 4 rings (SSSR count). The number of alkyl halides is 3. The lowest BCUT2D eigenvalue weighted by Crippen LogP contribution is -2.25. The van der Waals surface area contributed by atoms with E-state index in [-0.39, 0.29) is 5.69 Å². The van der Waals surface area contributed by atoms with Gasteiger partial charge in [-0.15, -0.1) is 0 Å². The molecule has 0 fully saturated rings. The predicted molar refractivity (Wildman–Crippen MR) is 151 cm³/mol. The molecule has 40 heavy (non-hydrogen) atoms. The third-order valence-electron chi connectivity index (χ3n) is 6.25. The molecule has 11 heteroatoms. The van der Waals surface area contributed by atoms with Gasteiger partial charge in [-0.3, -0.25) is 4.79 Å². The molecule has 3 aromatic carbocycles. The number of hydrogen-bond donors (Lipinski definition) is 2. The van der Waals surface area contributed by atoms with Gasteiger partial charge in [-0.2, -0.15) is 18.2 Å². The van der Waals surface area contributed by atoms with Gasteiger partial charge >= 0.3 is 6.18 Å². The summed E-state index contributed by atoms with van der Waals surface area (Å²) >= 11 is 0. The molecule has 1 amide bonds. The van der Waals surface area contributed by atoms with Crippen molar-refractivity contribution < 1.29 is 22.7 Å². The summed E-state index contributed by atoms with van der Waals surface area (Å²) < 4.78 is 46.5. The molecule has 0 atom stereocenters. The topological polar surface area (TPSA) is 82.6 Å². The average Bonchev–Trinajstić information content (AvgIpc) is 2.91. The molecule has 1 heterocycles. The summed E-state index contributed by atoms with van der Waals surface area (Å²) in [6, 6.07) is 15.4. The Morgan fingerprint density at radius 3 is 2.52 bits per heavy atom. The smallest absolute Gasteiger partial charge is 0.416 e. The van der Waals surface area contributed by atoms with Crippen molar-refractivity contribution in [2.75, 3.05) is 56.8 Å². The zero-order chi connectivity index (χ0) is 28.9. The quantitative estimate of drug-likeness (QED) is 0.245. The number of benzene rings is 3. The van der Waals surface area contributed by atoms with Crippen LogP contribution in [0.3, 0.4) is 0 Å². The number of nitrogens with zero attached hydrogens (tertiary/aromatic N) is 4. The Bertz CT molecular complexity index is 1490. The summed E-state index contributed by atoms with van der Waals surface area (Å²) in [7, 11) is 7.41. The Morgan fingerprint density at radius 2 is 1.80 bits per heavy atom. The van der Waals surface area contributed by atoms with E-state index in [1.807, 2.05) is 30.0 Å². The molecule has 0 saturated carbocycles.